The summed E-state index contributed by atoms with van der Waals surface area (Å²) in [6.07, 6.45) is -4.63. The van der Waals surface area contributed by atoms with Gasteiger partial charge in [-0.1, -0.05) is 24.3 Å². The van der Waals surface area contributed by atoms with Crippen molar-refractivity contribution in [3.8, 4) is 0 Å². The number of amides is 2. The number of carbonyl (C=O) groups excluding carboxylic acids is 2. The van der Waals surface area contributed by atoms with Crippen LogP contribution in [0.15, 0.2) is 53.4 Å². The number of halogens is 3. The zero-order chi connectivity index (χ0) is 17.7. The van der Waals surface area contributed by atoms with Gasteiger partial charge in [0.2, 0.25) is 5.91 Å². The van der Waals surface area contributed by atoms with E-state index in [0.29, 0.717) is 10.6 Å². The molecule has 2 aromatic rings. The standard InChI is InChI=1S/C16H13F3N2O2S/c17-16(18,19)11-6-2-1-5-10(11)15(23)21-12-7-3-4-8-13(12)24-9-14(20)22/h1-8H,9H2,(H2,20,22)(H,21,23). The number of benzene rings is 2. The monoisotopic (exact) mass is 354 g/mol. The van der Waals surface area contributed by atoms with Crippen LogP contribution in [0.2, 0.25) is 0 Å². The Labute approximate surface area is 140 Å². The van der Waals surface area contributed by atoms with Crippen LogP contribution in [0.5, 0.6) is 0 Å². The van der Waals surface area contributed by atoms with Gasteiger partial charge in [-0.2, -0.15) is 13.2 Å². The molecule has 2 rings (SSSR count). The molecule has 0 aromatic heterocycles. The van der Waals surface area contributed by atoms with Gasteiger partial charge >= 0.3 is 6.18 Å². The molecule has 0 radical (unpaired) electrons. The summed E-state index contributed by atoms with van der Waals surface area (Å²) in [4.78, 5) is 23.7. The number of thioether (sulfide) groups is 1. The average Bonchev–Trinajstić information content (AvgIpc) is 2.53. The van der Waals surface area contributed by atoms with Crippen LogP contribution in [-0.4, -0.2) is 17.6 Å². The predicted octanol–water partition coefficient (Wildman–Crippen LogP) is 3.54. The van der Waals surface area contributed by atoms with Crippen molar-refractivity contribution < 1.29 is 22.8 Å². The van der Waals surface area contributed by atoms with Crippen molar-refractivity contribution in [1.29, 1.82) is 0 Å². The highest BCUT2D eigenvalue weighted by Crippen LogP contribution is 2.33. The van der Waals surface area contributed by atoms with Crippen molar-refractivity contribution in [2.75, 3.05) is 11.1 Å². The maximum absolute atomic E-state index is 13.0. The molecule has 0 fully saturated rings. The van der Waals surface area contributed by atoms with Crippen molar-refractivity contribution in [3.05, 3.63) is 59.7 Å². The van der Waals surface area contributed by atoms with Crippen LogP contribution in [0, 0.1) is 0 Å². The van der Waals surface area contributed by atoms with E-state index >= 15 is 0 Å². The number of nitrogens with one attached hydrogen (secondary N) is 1. The smallest absolute Gasteiger partial charge is 0.369 e. The number of rotatable bonds is 5. The van der Waals surface area contributed by atoms with Gasteiger partial charge in [0, 0.05) is 4.90 Å². The van der Waals surface area contributed by atoms with Gasteiger partial charge in [0.1, 0.15) is 0 Å². The summed E-state index contributed by atoms with van der Waals surface area (Å²) in [6.45, 7) is 0. The highest BCUT2D eigenvalue weighted by Gasteiger charge is 2.34. The summed E-state index contributed by atoms with van der Waals surface area (Å²) >= 11 is 1.09. The zero-order valence-corrected chi connectivity index (χ0v) is 13.1. The van der Waals surface area contributed by atoms with E-state index < -0.39 is 29.1 Å². The number of nitrogens with two attached hydrogens (primary N) is 1. The van der Waals surface area contributed by atoms with E-state index in [2.05, 4.69) is 5.32 Å². The molecule has 0 bridgehead atoms. The molecule has 126 valence electrons. The van der Waals surface area contributed by atoms with E-state index in [9.17, 15) is 22.8 Å². The summed E-state index contributed by atoms with van der Waals surface area (Å²) in [6, 6.07) is 11.0. The van der Waals surface area contributed by atoms with Gasteiger partial charge in [0.25, 0.3) is 5.91 Å². The topological polar surface area (TPSA) is 72.2 Å². The fraction of sp³-hybridized carbons (Fsp3) is 0.125. The van der Waals surface area contributed by atoms with Crippen molar-refractivity contribution in [2.45, 2.75) is 11.1 Å². The van der Waals surface area contributed by atoms with Gasteiger partial charge in [0.15, 0.2) is 0 Å². The molecule has 0 aliphatic heterocycles. The molecule has 8 heteroatoms. The summed E-state index contributed by atoms with van der Waals surface area (Å²) in [5.41, 5.74) is 3.91. The molecule has 0 unspecified atom stereocenters. The van der Waals surface area contributed by atoms with Crippen molar-refractivity contribution in [3.63, 3.8) is 0 Å². The molecule has 0 saturated heterocycles. The Morgan fingerprint density at radius 1 is 1.04 bits per heavy atom. The molecule has 0 spiro atoms. The van der Waals surface area contributed by atoms with Crippen LogP contribution < -0.4 is 11.1 Å². The van der Waals surface area contributed by atoms with Crippen LogP contribution in [0.3, 0.4) is 0 Å². The lowest BCUT2D eigenvalue weighted by Gasteiger charge is -2.14. The minimum absolute atomic E-state index is 0.00791. The number of hydrogen-bond acceptors (Lipinski definition) is 3. The number of para-hydroxylation sites is 1. The molecule has 3 N–H and O–H groups in total. The molecule has 0 aliphatic rings. The summed E-state index contributed by atoms with van der Waals surface area (Å²) in [5.74, 6) is -1.43. The van der Waals surface area contributed by atoms with E-state index in [-0.39, 0.29) is 5.75 Å². The minimum atomic E-state index is -4.63. The first-order valence-corrected chi connectivity index (χ1v) is 7.75. The third kappa shape index (κ3) is 4.51. The Bertz CT molecular complexity index is 763. The lowest BCUT2D eigenvalue weighted by atomic mass is 10.1. The first-order valence-electron chi connectivity index (χ1n) is 6.76. The molecular weight excluding hydrogens is 341 g/mol. The fourth-order valence-electron chi connectivity index (χ4n) is 1.96. The number of carbonyl (C=O) groups is 2. The Kier molecular flexibility index (Phi) is 5.50. The van der Waals surface area contributed by atoms with E-state index in [1.54, 1.807) is 18.2 Å². The molecule has 0 aliphatic carbocycles. The lowest BCUT2D eigenvalue weighted by molar-refractivity contribution is -0.137. The van der Waals surface area contributed by atoms with Crippen LogP contribution in [0.25, 0.3) is 0 Å². The SMILES string of the molecule is NC(=O)CSc1ccccc1NC(=O)c1ccccc1C(F)(F)F. The zero-order valence-electron chi connectivity index (χ0n) is 12.3. The average molecular weight is 354 g/mol. The molecule has 24 heavy (non-hydrogen) atoms. The normalized spacial score (nSPS) is 11.1. The molecule has 0 heterocycles. The van der Waals surface area contributed by atoms with Crippen LogP contribution in [0.1, 0.15) is 15.9 Å². The van der Waals surface area contributed by atoms with Gasteiger partial charge in [0.05, 0.1) is 22.6 Å². The second kappa shape index (κ2) is 7.39. The molecule has 0 atom stereocenters. The third-order valence-electron chi connectivity index (χ3n) is 2.98. The van der Waals surface area contributed by atoms with Gasteiger partial charge in [-0.3, -0.25) is 9.59 Å². The Morgan fingerprint density at radius 2 is 1.67 bits per heavy atom. The Hall–Kier alpha value is -2.48. The summed E-state index contributed by atoms with van der Waals surface area (Å²) in [5, 5.41) is 2.45. The number of hydrogen-bond donors (Lipinski definition) is 2. The predicted molar refractivity (Wildman–Crippen MR) is 85.8 cm³/mol. The van der Waals surface area contributed by atoms with Crippen LogP contribution in [0.4, 0.5) is 18.9 Å². The van der Waals surface area contributed by atoms with Crippen molar-refractivity contribution in [1.82, 2.24) is 0 Å². The molecule has 2 aromatic carbocycles. The van der Waals surface area contributed by atoms with E-state index in [0.717, 1.165) is 23.9 Å². The third-order valence-corrected chi connectivity index (χ3v) is 4.08. The maximum atomic E-state index is 13.0. The first kappa shape index (κ1) is 17.9. The number of anilines is 1. The second-order valence-electron chi connectivity index (χ2n) is 4.75. The van der Waals surface area contributed by atoms with Gasteiger partial charge in [-0.05, 0) is 24.3 Å². The van der Waals surface area contributed by atoms with E-state index in [1.807, 2.05) is 0 Å². The summed E-state index contributed by atoms with van der Waals surface area (Å²) < 4.78 is 39.0. The number of alkyl halides is 3. The van der Waals surface area contributed by atoms with Crippen LogP contribution in [-0.2, 0) is 11.0 Å². The molecule has 4 nitrogen and oxygen atoms in total. The Morgan fingerprint density at radius 3 is 2.33 bits per heavy atom. The lowest BCUT2D eigenvalue weighted by Crippen LogP contribution is -2.19. The Balaban J connectivity index is 2.27. The number of primary amides is 1. The van der Waals surface area contributed by atoms with Crippen molar-refractivity contribution >= 4 is 29.3 Å². The largest absolute Gasteiger partial charge is 0.417 e. The molecule has 2 amide bonds. The van der Waals surface area contributed by atoms with Crippen LogP contribution >= 0.6 is 11.8 Å². The highest BCUT2D eigenvalue weighted by atomic mass is 32.2. The van der Waals surface area contributed by atoms with Gasteiger partial charge in [-0.25, -0.2) is 0 Å². The summed E-state index contributed by atoms with van der Waals surface area (Å²) in [7, 11) is 0. The van der Waals surface area contributed by atoms with Gasteiger partial charge in [-0.15, -0.1) is 11.8 Å². The van der Waals surface area contributed by atoms with E-state index in [4.69, 9.17) is 5.73 Å². The first-order chi connectivity index (χ1) is 11.3. The molecule has 0 saturated carbocycles. The van der Waals surface area contributed by atoms with E-state index in [1.165, 1.54) is 18.2 Å². The minimum Gasteiger partial charge on any atom is -0.369 e. The van der Waals surface area contributed by atoms with Crippen molar-refractivity contribution in [2.24, 2.45) is 5.73 Å². The fourth-order valence-corrected chi connectivity index (χ4v) is 2.71. The second-order valence-corrected chi connectivity index (χ2v) is 5.77. The molecular formula is C16H13F3N2O2S. The van der Waals surface area contributed by atoms with Gasteiger partial charge < -0.3 is 11.1 Å². The maximum Gasteiger partial charge on any atom is 0.417 e. The quantitative estimate of drug-likeness (QED) is 0.807. The highest BCUT2D eigenvalue weighted by molar-refractivity contribution is 8.00.